The highest BCUT2D eigenvalue weighted by Gasteiger charge is 2.12. The van der Waals surface area contributed by atoms with E-state index in [2.05, 4.69) is 24.9 Å². The molecule has 0 radical (unpaired) electrons. The van der Waals surface area contributed by atoms with Crippen molar-refractivity contribution in [2.75, 3.05) is 0 Å². The number of fused-ring (bicyclic) bond motifs is 1. The second kappa shape index (κ2) is 3.34. The fraction of sp³-hybridized carbons (Fsp3) is 0. The van der Waals surface area contributed by atoms with Crippen LogP contribution in [0.15, 0.2) is 31.0 Å². The van der Waals surface area contributed by atoms with Crippen LogP contribution in [-0.4, -0.2) is 24.9 Å². The average molecular weight is 215 g/mol. The summed E-state index contributed by atoms with van der Waals surface area (Å²) in [4.78, 5) is 18.5. The summed E-state index contributed by atoms with van der Waals surface area (Å²) in [5, 5.41) is 0. The van der Waals surface area contributed by atoms with Gasteiger partial charge in [-0.1, -0.05) is 0 Å². The van der Waals surface area contributed by atoms with Crippen LogP contribution in [0.25, 0.3) is 22.4 Å². The van der Waals surface area contributed by atoms with Crippen molar-refractivity contribution in [3.63, 3.8) is 0 Å². The number of imidazole rings is 1. The molecule has 0 bridgehead atoms. The van der Waals surface area contributed by atoms with Gasteiger partial charge >= 0.3 is 0 Å². The molecule has 0 aliphatic rings. The number of H-pyrrole nitrogens is 1. The number of aromatic amines is 1. The summed E-state index contributed by atoms with van der Waals surface area (Å²) in [6.07, 6.45) is 4.24. The Morgan fingerprint density at radius 2 is 2.06 bits per heavy atom. The third-order valence-electron chi connectivity index (χ3n) is 2.24. The maximum atomic E-state index is 13.5. The number of halogens is 1. The highest BCUT2D eigenvalue weighted by molar-refractivity contribution is 5.86. The summed E-state index contributed by atoms with van der Waals surface area (Å²) in [5.74, 6) is -0.558. The van der Waals surface area contributed by atoms with Crippen LogP contribution in [0, 0.1) is 5.95 Å². The van der Waals surface area contributed by atoms with Gasteiger partial charge in [0.2, 0.25) is 5.95 Å². The number of hydrogen-bond donors (Lipinski definition) is 1. The molecule has 6 heteroatoms. The van der Waals surface area contributed by atoms with Crippen LogP contribution in [0.1, 0.15) is 0 Å². The summed E-state index contributed by atoms with van der Waals surface area (Å²) in [7, 11) is 0. The Morgan fingerprint density at radius 3 is 2.94 bits per heavy atom. The molecule has 0 aromatic carbocycles. The van der Waals surface area contributed by atoms with Gasteiger partial charge in [-0.3, -0.25) is 0 Å². The van der Waals surface area contributed by atoms with Gasteiger partial charge in [-0.15, -0.1) is 0 Å². The molecule has 16 heavy (non-hydrogen) atoms. The Kier molecular flexibility index (Phi) is 1.86. The van der Waals surface area contributed by atoms with Gasteiger partial charge in [-0.2, -0.15) is 4.39 Å². The highest BCUT2D eigenvalue weighted by Crippen LogP contribution is 2.23. The molecule has 1 N–H and O–H groups in total. The van der Waals surface area contributed by atoms with Gasteiger partial charge in [0.25, 0.3) is 0 Å². The number of aromatic nitrogens is 5. The first-order chi connectivity index (χ1) is 7.86. The topological polar surface area (TPSA) is 67.3 Å². The first-order valence-electron chi connectivity index (χ1n) is 4.61. The molecule has 0 aliphatic carbocycles. The molecule has 0 amide bonds. The van der Waals surface area contributed by atoms with E-state index in [4.69, 9.17) is 0 Å². The summed E-state index contributed by atoms with van der Waals surface area (Å²) < 4.78 is 13.5. The van der Waals surface area contributed by atoms with Crippen molar-refractivity contribution in [1.82, 2.24) is 24.9 Å². The van der Waals surface area contributed by atoms with Gasteiger partial charge in [0, 0.05) is 6.20 Å². The Bertz CT molecular complexity index is 648. The number of hydrogen-bond acceptors (Lipinski definition) is 4. The van der Waals surface area contributed by atoms with E-state index in [1.807, 2.05) is 0 Å². The zero-order chi connectivity index (χ0) is 11.0. The van der Waals surface area contributed by atoms with Crippen molar-refractivity contribution < 1.29 is 4.39 Å². The molecule has 3 heterocycles. The molecule has 0 atom stereocenters. The summed E-state index contributed by atoms with van der Waals surface area (Å²) in [6.45, 7) is 0. The minimum atomic E-state index is -0.558. The van der Waals surface area contributed by atoms with Crippen LogP contribution in [0.3, 0.4) is 0 Å². The third kappa shape index (κ3) is 1.23. The third-order valence-corrected chi connectivity index (χ3v) is 2.24. The predicted molar refractivity (Wildman–Crippen MR) is 54.9 cm³/mol. The van der Waals surface area contributed by atoms with Crippen LogP contribution < -0.4 is 0 Å². The molecule has 0 unspecified atom stereocenters. The van der Waals surface area contributed by atoms with Crippen LogP contribution in [-0.2, 0) is 0 Å². The second-order valence-corrected chi connectivity index (χ2v) is 3.17. The number of nitrogens with zero attached hydrogens (tertiary/aromatic N) is 4. The van der Waals surface area contributed by atoms with Gasteiger partial charge in [0.05, 0.1) is 11.9 Å². The first-order valence-corrected chi connectivity index (χ1v) is 4.61. The van der Waals surface area contributed by atoms with E-state index in [1.165, 1.54) is 18.9 Å². The number of nitrogens with one attached hydrogen (secondary N) is 1. The Hall–Kier alpha value is -2.37. The highest BCUT2D eigenvalue weighted by atomic mass is 19.1. The van der Waals surface area contributed by atoms with E-state index in [0.717, 1.165) is 0 Å². The molecule has 0 aliphatic heterocycles. The normalized spacial score (nSPS) is 10.8. The zero-order valence-electron chi connectivity index (χ0n) is 8.05. The van der Waals surface area contributed by atoms with Crippen LogP contribution in [0.2, 0.25) is 0 Å². The lowest BCUT2D eigenvalue weighted by Crippen LogP contribution is -1.93. The molecule has 0 saturated carbocycles. The average Bonchev–Trinajstić information content (AvgIpc) is 2.77. The Labute approximate surface area is 89.4 Å². The number of pyridine rings is 1. The standard InChI is InChI=1S/C10H6FN5/c11-9-6(2-1-3-12-9)7-8-10(15-4-13-7)16-5-14-8/h1-5H,(H,13,14,15,16). The minimum absolute atomic E-state index is 0.333. The van der Waals surface area contributed by atoms with Crippen molar-refractivity contribution >= 4 is 11.2 Å². The van der Waals surface area contributed by atoms with Gasteiger partial charge in [-0.25, -0.2) is 19.9 Å². The Balaban J connectivity index is 2.34. The van der Waals surface area contributed by atoms with E-state index in [9.17, 15) is 4.39 Å². The SMILES string of the molecule is Fc1ncccc1-c1ncnc2nc[nH]c12. The summed E-state index contributed by atoms with van der Waals surface area (Å²) in [6, 6.07) is 3.27. The molecule has 3 rings (SSSR count). The molecule has 0 saturated heterocycles. The van der Waals surface area contributed by atoms with Crippen molar-refractivity contribution in [3.8, 4) is 11.3 Å². The first kappa shape index (κ1) is 8.90. The fourth-order valence-corrected chi connectivity index (χ4v) is 1.53. The van der Waals surface area contributed by atoms with Crippen LogP contribution >= 0.6 is 0 Å². The molecule has 3 aromatic heterocycles. The van der Waals surface area contributed by atoms with E-state index in [0.29, 0.717) is 22.4 Å². The molecular formula is C10H6FN5. The maximum Gasteiger partial charge on any atom is 0.222 e. The minimum Gasteiger partial charge on any atom is -0.341 e. The van der Waals surface area contributed by atoms with Gasteiger partial charge < -0.3 is 4.98 Å². The Morgan fingerprint density at radius 1 is 1.12 bits per heavy atom. The van der Waals surface area contributed by atoms with Crippen LogP contribution in [0.5, 0.6) is 0 Å². The lowest BCUT2D eigenvalue weighted by atomic mass is 10.2. The monoisotopic (exact) mass is 215 g/mol. The molecular weight excluding hydrogens is 209 g/mol. The van der Waals surface area contributed by atoms with Crippen molar-refractivity contribution in [1.29, 1.82) is 0 Å². The second-order valence-electron chi connectivity index (χ2n) is 3.17. The van der Waals surface area contributed by atoms with Gasteiger partial charge in [0.1, 0.15) is 17.5 Å². The van der Waals surface area contributed by atoms with Crippen LogP contribution in [0.4, 0.5) is 4.39 Å². The van der Waals surface area contributed by atoms with Crippen molar-refractivity contribution in [3.05, 3.63) is 36.9 Å². The van der Waals surface area contributed by atoms with Crippen molar-refractivity contribution in [2.24, 2.45) is 0 Å². The molecule has 0 spiro atoms. The lowest BCUT2D eigenvalue weighted by molar-refractivity contribution is 0.587. The van der Waals surface area contributed by atoms with Crippen molar-refractivity contribution in [2.45, 2.75) is 0 Å². The largest absolute Gasteiger partial charge is 0.341 e. The smallest absolute Gasteiger partial charge is 0.222 e. The lowest BCUT2D eigenvalue weighted by Gasteiger charge is -2.01. The van der Waals surface area contributed by atoms with Gasteiger partial charge in [-0.05, 0) is 12.1 Å². The maximum absolute atomic E-state index is 13.5. The molecule has 0 fully saturated rings. The zero-order valence-corrected chi connectivity index (χ0v) is 8.05. The summed E-state index contributed by atoms with van der Waals surface area (Å²) in [5.41, 5.74) is 1.91. The van der Waals surface area contributed by atoms with E-state index in [1.54, 1.807) is 12.1 Å². The molecule has 5 nitrogen and oxygen atoms in total. The molecule has 78 valence electrons. The van der Waals surface area contributed by atoms with E-state index >= 15 is 0 Å². The fourth-order valence-electron chi connectivity index (χ4n) is 1.53. The number of rotatable bonds is 1. The predicted octanol–water partition coefficient (Wildman–Crippen LogP) is 1.55. The van der Waals surface area contributed by atoms with E-state index < -0.39 is 5.95 Å². The van der Waals surface area contributed by atoms with Gasteiger partial charge in [0.15, 0.2) is 5.65 Å². The van der Waals surface area contributed by atoms with E-state index in [-0.39, 0.29) is 0 Å². The quantitative estimate of drug-likeness (QED) is 0.625. The summed E-state index contributed by atoms with van der Waals surface area (Å²) >= 11 is 0. The molecule has 3 aromatic rings.